The average Bonchev–Trinajstić information content (AvgIpc) is 4.27. The highest BCUT2D eigenvalue weighted by Crippen LogP contribution is 2.41. The molecule has 69 heavy (non-hydrogen) atoms. The van der Waals surface area contributed by atoms with Crippen LogP contribution in [0.25, 0.3) is 11.3 Å². The van der Waals surface area contributed by atoms with Crippen molar-refractivity contribution in [3.05, 3.63) is 130 Å². The fraction of sp³-hybridized carbons (Fsp3) is 0.490. The minimum Gasteiger partial charge on any atom is -0.481 e. The van der Waals surface area contributed by atoms with E-state index in [1.54, 1.807) is 20.8 Å². The van der Waals surface area contributed by atoms with Crippen molar-refractivity contribution in [1.82, 2.24) is 39.4 Å². The summed E-state index contributed by atoms with van der Waals surface area (Å²) in [4.78, 5) is 36.4. The Morgan fingerprint density at radius 1 is 0.725 bits per heavy atom. The molecule has 2 aliphatic carbocycles. The van der Waals surface area contributed by atoms with E-state index >= 15 is 0 Å². The van der Waals surface area contributed by atoms with Gasteiger partial charge in [0.2, 0.25) is 5.91 Å². The van der Waals surface area contributed by atoms with Crippen molar-refractivity contribution in [3.63, 3.8) is 0 Å². The Labute approximate surface area is 406 Å². The number of carboxylic acids is 1. The highest BCUT2D eigenvalue weighted by Gasteiger charge is 2.44. The zero-order valence-corrected chi connectivity index (χ0v) is 42.1. The molecule has 2 aliphatic heterocycles. The molecule has 4 aliphatic rings. The second kappa shape index (κ2) is 21.4. The second-order valence-corrected chi connectivity index (χ2v) is 22.3. The molecule has 6 aromatic rings. The number of aliphatic carboxylic acids is 1. The highest BCUT2D eigenvalue weighted by molar-refractivity contribution is 7.90. The predicted molar refractivity (Wildman–Crippen MR) is 265 cm³/mol. The van der Waals surface area contributed by atoms with E-state index in [-0.39, 0.29) is 17.7 Å². The number of hydrogen-bond acceptors (Lipinski definition) is 12. The van der Waals surface area contributed by atoms with Gasteiger partial charge in [-0.05, 0) is 122 Å². The lowest BCUT2D eigenvalue weighted by Gasteiger charge is -2.41. The van der Waals surface area contributed by atoms with Crippen LogP contribution in [0.4, 0.5) is 0 Å². The van der Waals surface area contributed by atoms with Gasteiger partial charge in [-0.1, -0.05) is 67.1 Å². The molecule has 6 heterocycles. The number of hydrogen-bond donors (Lipinski definition) is 3. The van der Waals surface area contributed by atoms with E-state index in [0.717, 1.165) is 71.0 Å². The molecular formula is C51H65N9O7S2. The molecule has 0 radical (unpaired) electrons. The first-order valence-corrected chi connectivity index (χ1v) is 27.0. The summed E-state index contributed by atoms with van der Waals surface area (Å²) in [6.07, 6.45) is 12.6. The topological polar surface area (TPSA) is 222 Å². The van der Waals surface area contributed by atoms with Crippen LogP contribution in [0.2, 0.25) is 0 Å². The zero-order chi connectivity index (χ0) is 49.7. The number of amides is 1. The number of aromatic nitrogens is 6. The minimum atomic E-state index is -3.41. The van der Waals surface area contributed by atoms with Crippen molar-refractivity contribution in [3.8, 4) is 0 Å². The molecule has 2 saturated carbocycles. The quantitative estimate of drug-likeness (QED) is 0.118. The number of carboxylic acid groups (broad SMARTS) is 1. The third-order valence-electron chi connectivity index (χ3n) is 13.5. The Hall–Kier alpha value is -5.85. The molecule has 3 atom stereocenters. The van der Waals surface area contributed by atoms with Crippen molar-refractivity contribution in [2.45, 2.75) is 134 Å². The molecule has 0 unspecified atom stereocenters. The molecule has 1 amide bonds. The Morgan fingerprint density at radius 2 is 1.22 bits per heavy atom. The fourth-order valence-electron chi connectivity index (χ4n) is 9.33. The molecule has 4 fully saturated rings. The van der Waals surface area contributed by atoms with Crippen LogP contribution >= 0.6 is 0 Å². The largest absolute Gasteiger partial charge is 0.481 e. The minimum absolute atomic E-state index is 0.158. The van der Waals surface area contributed by atoms with E-state index in [1.807, 2.05) is 87.6 Å². The van der Waals surface area contributed by atoms with Gasteiger partial charge in [0, 0.05) is 59.5 Å². The van der Waals surface area contributed by atoms with E-state index < -0.39 is 37.1 Å². The number of aryl methyl sites for hydroxylation is 2. The Bertz CT molecular complexity index is 3000. The number of sulfone groups is 1. The molecule has 18 heteroatoms. The van der Waals surface area contributed by atoms with E-state index in [1.165, 1.54) is 62.6 Å². The maximum atomic E-state index is 14.1. The first kappa shape index (κ1) is 51.0. The average molecular weight is 980 g/mol. The molecule has 3 N–H and O–H groups in total. The number of carbonyl (C=O) groups is 2. The summed E-state index contributed by atoms with van der Waals surface area (Å²) in [7, 11) is -6.02. The molecule has 16 nitrogen and oxygen atoms in total. The van der Waals surface area contributed by atoms with Crippen LogP contribution in [0.1, 0.15) is 154 Å². The first-order chi connectivity index (χ1) is 32.7. The van der Waals surface area contributed by atoms with Gasteiger partial charge >= 0.3 is 16.5 Å². The van der Waals surface area contributed by atoms with Crippen molar-refractivity contribution in [2.24, 2.45) is 0 Å². The normalized spacial score (nSPS) is 19.2. The second-order valence-electron chi connectivity index (χ2n) is 19.7. The summed E-state index contributed by atoms with van der Waals surface area (Å²) in [5.74, 6) is 0.0676. The maximum Gasteiger partial charge on any atom is 0.313 e. The summed E-state index contributed by atoms with van der Waals surface area (Å²) in [5, 5.41) is 22.1. The number of nitrogens with one attached hydrogen (secondary N) is 2. The van der Waals surface area contributed by atoms with Crippen molar-refractivity contribution in [1.29, 1.82) is 4.78 Å². The summed E-state index contributed by atoms with van der Waals surface area (Å²) in [6, 6.07) is 27.2. The van der Waals surface area contributed by atoms with Crippen LogP contribution < -0.4 is 5.32 Å². The van der Waals surface area contributed by atoms with Gasteiger partial charge in [-0.3, -0.25) is 9.59 Å². The van der Waals surface area contributed by atoms with Gasteiger partial charge in [0.15, 0.2) is 11.3 Å². The van der Waals surface area contributed by atoms with Gasteiger partial charge in [-0.15, -0.1) is 0 Å². The first-order valence-electron chi connectivity index (χ1n) is 23.9. The van der Waals surface area contributed by atoms with Crippen LogP contribution in [0.5, 0.6) is 0 Å². The van der Waals surface area contributed by atoms with Gasteiger partial charge in [-0.2, -0.15) is 23.4 Å². The smallest absolute Gasteiger partial charge is 0.313 e. The Morgan fingerprint density at radius 3 is 1.70 bits per heavy atom. The monoisotopic (exact) mass is 979 g/mol. The zero-order valence-electron chi connectivity index (χ0n) is 40.4. The summed E-state index contributed by atoms with van der Waals surface area (Å²) in [6.45, 7) is 11.0. The number of rotatable bonds is 10. The molecular weight excluding hydrogens is 915 g/mol. The SMILES string of the molecule is CC(C)(C(=O)O)c1ccccc1.Cc1cc(C2CC2)nc2cc([C@@H]3CCCCN3)nn12.Cc1cc(C2CC2)nc2cc([C@@H]3CCCCN3C(=O)[C@](C)(CS(C)(=O)=O)c3ccccc3)nn12.N=S(=O)=O. The Balaban J connectivity index is 0.000000167. The number of nitrogens with zero attached hydrogens (tertiary/aromatic N) is 7. The molecule has 2 aromatic carbocycles. The lowest BCUT2D eigenvalue weighted by atomic mass is 9.81. The van der Waals surface area contributed by atoms with Crippen LogP contribution in [0.3, 0.4) is 0 Å². The maximum absolute atomic E-state index is 14.1. The number of fused-ring (bicyclic) bond motifs is 2. The van der Waals surface area contributed by atoms with Gasteiger partial charge in [-0.25, -0.2) is 27.4 Å². The van der Waals surface area contributed by atoms with Crippen molar-refractivity contribution < 1.29 is 31.5 Å². The van der Waals surface area contributed by atoms with Crippen LogP contribution in [0.15, 0.2) is 84.9 Å². The van der Waals surface area contributed by atoms with Crippen LogP contribution in [-0.4, -0.2) is 93.0 Å². The lowest BCUT2D eigenvalue weighted by Crippen LogP contribution is -2.51. The van der Waals surface area contributed by atoms with E-state index in [0.29, 0.717) is 24.4 Å². The standard InChI is InChI=1S/C26H32N4O3S.C15H20N4.C10H12O2.HNO2S/c1-18-15-21(19-12-13-19)27-24-16-22(28-30(18)24)23-11-7-8-14-29(23)25(31)26(2,17-34(3,32)33)20-9-5-4-6-10-20;1-10-8-13(11-5-6-11)17-15-9-14(18-19(10)15)12-4-2-3-7-16-12;1-10(2,9(11)12)8-6-4-3-5-7-8;1-4(2)3/h4-6,9-10,15-16,19,23H,7-8,11-14,17H2,1-3H3;8-9,11-12,16H,2-7H2,1H3;3-7H,1-2H3,(H,11,12);1H/t23-,26+;12-;;/m00../s1. The number of likely N-dealkylation sites (tertiary alicyclic amines) is 1. The van der Waals surface area contributed by atoms with Gasteiger partial charge < -0.3 is 15.3 Å². The molecule has 4 aromatic heterocycles. The summed E-state index contributed by atoms with van der Waals surface area (Å²) >= 11 is 0. The van der Waals surface area contributed by atoms with Crippen LogP contribution in [-0.2, 0) is 40.8 Å². The molecule has 0 bridgehead atoms. The molecule has 0 spiro atoms. The van der Waals surface area contributed by atoms with E-state index in [4.69, 9.17) is 38.5 Å². The third-order valence-corrected chi connectivity index (χ3v) is 14.6. The molecule has 10 rings (SSSR count). The van der Waals surface area contributed by atoms with E-state index in [9.17, 15) is 18.0 Å². The lowest BCUT2D eigenvalue weighted by molar-refractivity contribution is -0.142. The van der Waals surface area contributed by atoms with Gasteiger partial charge in [0.05, 0.1) is 40.1 Å². The number of piperidine rings is 2. The highest BCUT2D eigenvalue weighted by atomic mass is 32.2. The number of benzene rings is 2. The van der Waals surface area contributed by atoms with Gasteiger partial charge in [0.1, 0.15) is 9.84 Å². The third kappa shape index (κ3) is 12.7. The summed E-state index contributed by atoms with van der Waals surface area (Å²) < 4.78 is 51.5. The molecule has 368 valence electrons. The van der Waals surface area contributed by atoms with Crippen molar-refractivity contribution in [2.75, 3.05) is 25.1 Å². The predicted octanol–water partition coefficient (Wildman–Crippen LogP) is 8.38. The number of carbonyl (C=O) groups excluding carboxylic acids is 1. The fourth-order valence-corrected chi connectivity index (χ4v) is 10.7. The molecule has 2 saturated heterocycles. The Kier molecular flexibility index (Phi) is 15.8. The van der Waals surface area contributed by atoms with Crippen molar-refractivity contribution >= 4 is 43.5 Å². The summed E-state index contributed by atoms with van der Waals surface area (Å²) in [5.41, 5.74) is 8.03. The van der Waals surface area contributed by atoms with Crippen LogP contribution in [0, 0.1) is 18.6 Å². The van der Waals surface area contributed by atoms with Gasteiger partial charge in [0.25, 0.3) is 0 Å². The van der Waals surface area contributed by atoms with E-state index in [2.05, 4.69) is 30.4 Å².